The molecule has 2 N–H and O–H groups in total. The van der Waals surface area contributed by atoms with E-state index in [0.717, 1.165) is 0 Å². The van der Waals surface area contributed by atoms with E-state index in [9.17, 15) is 14.0 Å². The standard InChI is InChI=1S/C27H21Cl5FN3O3/c1-14(36-39-2)15-3-6-23(22(33)9-15)35-25(38)20-11-19(4-5-21(20)30)34-12-26(13-37)24(27(26,31)32)16-7-17(28)10-18(29)8-16/h3-11,13,24,34H,12H2,1-2H3,(H,35,38)/b36-14+. The van der Waals surface area contributed by atoms with Crippen molar-refractivity contribution < 1.29 is 18.8 Å². The van der Waals surface area contributed by atoms with E-state index in [4.69, 9.17) is 62.8 Å². The minimum Gasteiger partial charge on any atom is -0.399 e. The minimum absolute atomic E-state index is 0.0411. The topological polar surface area (TPSA) is 79.8 Å². The first-order chi connectivity index (χ1) is 18.4. The Labute approximate surface area is 249 Å². The van der Waals surface area contributed by atoms with E-state index in [1.54, 1.807) is 37.3 Å². The number of oxime groups is 1. The third-order valence-corrected chi connectivity index (χ3v) is 8.41. The van der Waals surface area contributed by atoms with Crippen LogP contribution in [0.3, 0.4) is 0 Å². The fourth-order valence-electron chi connectivity index (χ4n) is 4.41. The molecular formula is C27H21Cl5FN3O3. The lowest BCUT2D eigenvalue weighted by molar-refractivity contribution is -0.112. The molecule has 12 heteroatoms. The summed E-state index contributed by atoms with van der Waals surface area (Å²) < 4.78 is 13.3. The number of rotatable bonds is 9. The van der Waals surface area contributed by atoms with Crippen molar-refractivity contribution >= 4 is 87.3 Å². The van der Waals surface area contributed by atoms with Gasteiger partial charge in [0, 0.05) is 33.8 Å². The molecule has 0 aromatic heterocycles. The molecule has 1 aliphatic rings. The quantitative estimate of drug-likeness (QED) is 0.109. The summed E-state index contributed by atoms with van der Waals surface area (Å²) in [5, 5.41) is 10.3. The molecule has 3 aromatic carbocycles. The molecule has 0 radical (unpaired) electrons. The van der Waals surface area contributed by atoms with Gasteiger partial charge in [-0.3, -0.25) is 4.79 Å². The normalized spacial score (nSPS) is 19.8. The second-order valence-corrected chi connectivity index (χ2v) is 11.6. The SMILES string of the molecule is CO/N=C(\C)c1ccc(NC(=O)c2cc(NCC3(C=O)C(c4cc(Cl)cc(Cl)c4)C3(Cl)Cl)ccc2Cl)c(F)c1. The molecule has 0 saturated heterocycles. The van der Waals surface area contributed by atoms with Crippen LogP contribution in [0.15, 0.2) is 59.8 Å². The maximum atomic E-state index is 14.7. The molecule has 1 fully saturated rings. The van der Waals surface area contributed by atoms with Gasteiger partial charge in [0.05, 0.1) is 27.4 Å². The van der Waals surface area contributed by atoms with E-state index in [2.05, 4.69) is 15.8 Å². The first-order valence-corrected chi connectivity index (χ1v) is 13.3. The van der Waals surface area contributed by atoms with Crippen molar-refractivity contribution in [2.24, 2.45) is 10.6 Å². The van der Waals surface area contributed by atoms with Crippen molar-refractivity contribution in [1.29, 1.82) is 0 Å². The second-order valence-electron chi connectivity index (χ2n) is 8.97. The third kappa shape index (κ3) is 5.83. The van der Waals surface area contributed by atoms with E-state index < -0.39 is 27.4 Å². The zero-order valence-electron chi connectivity index (χ0n) is 20.5. The van der Waals surface area contributed by atoms with Crippen LogP contribution < -0.4 is 10.6 Å². The maximum Gasteiger partial charge on any atom is 0.257 e. The molecule has 0 spiro atoms. The Balaban J connectivity index is 1.52. The summed E-state index contributed by atoms with van der Waals surface area (Å²) in [6, 6.07) is 13.7. The van der Waals surface area contributed by atoms with Crippen molar-refractivity contribution in [3.63, 3.8) is 0 Å². The minimum atomic E-state index is -1.42. The fourth-order valence-corrected chi connectivity index (χ4v) is 6.13. The third-order valence-electron chi connectivity index (χ3n) is 6.50. The number of halogens is 6. The van der Waals surface area contributed by atoms with Crippen LogP contribution in [0, 0.1) is 11.2 Å². The van der Waals surface area contributed by atoms with E-state index in [1.807, 2.05) is 0 Å². The molecule has 0 bridgehead atoms. The van der Waals surface area contributed by atoms with Gasteiger partial charge in [-0.1, -0.05) is 69.2 Å². The van der Waals surface area contributed by atoms with Crippen molar-refractivity contribution in [2.75, 3.05) is 24.3 Å². The van der Waals surface area contributed by atoms with Gasteiger partial charge in [0.2, 0.25) is 0 Å². The van der Waals surface area contributed by atoms with Gasteiger partial charge in [0.1, 0.15) is 23.5 Å². The van der Waals surface area contributed by atoms with E-state index in [1.165, 1.54) is 31.4 Å². The lowest BCUT2D eigenvalue weighted by atomic mass is 10.00. The molecule has 1 saturated carbocycles. The summed E-state index contributed by atoms with van der Waals surface area (Å²) in [6.07, 6.45) is 0.703. The number of aldehydes is 1. The summed E-state index contributed by atoms with van der Waals surface area (Å²) in [5.41, 5.74) is 0.901. The summed E-state index contributed by atoms with van der Waals surface area (Å²) >= 11 is 31.7. The second kappa shape index (κ2) is 11.5. The van der Waals surface area contributed by atoms with Crippen LogP contribution in [-0.4, -0.2) is 35.9 Å². The number of hydrogen-bond acceptors (Lipinski definition) is 5. The van der Waals surface area contributed by atoms with Crippen LogP contribution in [0.2, 0.25) is 15.1 Å². The molecular weight excluding hydrogens is 611 g/mol. The van der Waals surface area contributed by atoms with Crippen LogP contribution in [-0.2, 0) is 9.63 Å². The highest BCUT2D eigenvalue weighted by molar-refractivity contribution is 6.54. The van der Waals surface area contributed by atoms with Gasteiger partial charge in [0.15, 0.2) is 0 Å². The number of amides is 1. The molecule has 3 aromatic rings. The summed E-state index contributed by atoms with van der Waals surface area (Å²) in [7, 11) is 1.39. The highest BCUT2D eigenvalue weighted by atomic mass is 35.5. The van der Waals surface area contributed by atoms with Gasteiger partial charge in [-0.05, 0) is 61.0 Å². The number of anilines is 2. The largest absolute Gasteiger partial charge is 0.399 e. The van der Waals surface area contributed by atoms with Crippen LogP contribution in [0.5, 0.6) is 0 Å². The Kier molecular flexibility index (Phi) is 8.69. The Morgan fingerprint density at radius 1 is 1.08 bits per heavy atom. The van der Waals surface area contributed by atoms with Crippen molar-refractivity contribution in [2.45, 2.75) is 17.2 Å². The van der Waals surface area contributed by atoms with Crippen LogP contribution in [0.25, 0.3) is 0 Å². The predicted molar refractivity (Wildman–Crippen MR) is 156 cm³/mol. The van der Waals surface area contributed by atoms with Crippen LogP contribution in [0.1, 0.15) is 34.3 Å². The fraction of sp³-hybridized carbons (Fsp3) is 0.222. The Morgan fingerprint density at radius 2 is 1.77 bits per heavy atom. The number of nitrogens with one attached hydrogen (secondary N) is 2. The van der Waals surface area contributed by atoms with Crippen molar-refractivity contribution in [3.05, 3.63) is 92.2 Å². The van der Waals surface area contributed by atoms with Gasteiger partial charge >= 0.3 is 0 Å². The monoisotopic (exact) mass is 629 g/mol. The van der Waals surface area contributed by atoms with Gasteiger partial charge in [-0.2, -0.15) is 0 Å². The molecule has 204 valence electrons. The molecule has 6 nitrogen and oxygen atoms in total. The molecule has 0 aliphatic heterocycles. The molecule has 39 heavy (non-hydrogen) atoms. The summed E-state index contributed by atoms with van der Waals surface area (Å²) in [4.78, 5) is 29.9. The number of nitrogens with zero attached hydrogens (tertiary/aromatic N) is 1. The number of alkyl halides is 2. The molecule has 4 rings (SSSR count). The van der Waals surface area contributed by atoms with Gasteiger partial charge in [-0.15, -0.1) is 0 Å². The van der Waals surface area contributed by atoms with Crippen molar-refractivity contribution in [3.8, 4) is 0 Å². The number of benzene rings is 3. The highest BCUT2D eigenvalue weighted by Crippen LogP contribution is 2.73. The Bertz CT molecular complexity index is 1460. The first kappa shape index (κ1) is 29.4. The maximum absolute atomic E-state index is 14.7. The molecule has 2 atom stereocenters. The predicted octanol–water partition coefficient (Wildman–Crippen LogP) is 7.98. The Hall–Kier alpha value is -2.55. The van der Waals surface area contributed by atoms with Crippen LogP contribution >= 0.6 is 58.0 Å². The first-order valence-electron chi connectivity index (χ1n) is 11.5. The number of hydrogen-bond donors (Lipinski definition) is 2. The average Bonchev–Trinajstić information content (AvgIpc) is 3.38. The van der Waals surface area contributed by atoms with Crippen molar-refractivity contribution in [1.82, 2.24) is 0 Å². The van der Waals surface area contributed by atoms with E-state index >= 15 is 0 Å². The molecule has 0 heterocycles. The van der Waals surface area contributed by atoms with Gasteiger partial charge in [-0.25, -0.2) is 4.39 Å². The van der Waals surface area contributed by atoms with E-state index in [-0.39, 0.29) is 22.8 Å². The molecule has 1 aliphatic carbocycles. The molecule has 2 unspecified atom stereocenters. The summed E-state index contributed by atoms with van der Waals surface area (Å²) in [6.45, 7) is 1.70. The number of carbonyl (C=O) groups excluding carboxylic acids is 2. The average molecular weight is 632 g/mol. The molecule has 1 amide bonds. The zero-order chi connectivity index (χ0) is 28.5. The van der Waals surface area contributed by atoms with Crippen LogP contribution in [0.4, 0.5) is 15.8 Å². The van der Waals surface area contributed by atoms with Gasteiger partial charge in [0.25, 0.3) is 5.91 Å². The number of carbonyl (C=O) groups is 2. The summed E-state index contributed by atoms with van der Waals surface area (Å²) in [5.74, 6) is -1.87. The van der Waals surface area contributed by atoms with Gasteiger partial charge < -0.3 is 20.3 Å². The highest BCUT2D eigenvalue weighted by Gasteiger charge is 2.76. The lowest BCUT2D eigenvalue weighted by Crippen LogP contribution is -2.23. The van der Waals surface area contributed by atoms with E-state index in [0.29, 0.717) is 38.9 Å². The lowest BCUT2D eigenvalue weighted by Gasteiger charge is -2.15. The zero-order valence-corrected chi connectivity index (χ0v) is 24.3. The Morgan fingerprint density at radius 3 is 2.38 bits per heavy atom. The smallest absolute Gasteiger partial charge is 0.257 e.